The van der Waals surface area contributed by atoms with Crippen molar-refractivity contribution in [1.29, 1.82) is 5.26 Å². The summed E-state index contributed by atoms with van der Waals surface area (Å²) in [5.74, 6) is 0.638. The van der Waals surface area contributed by atoms with Gasteiger partial charge in [0.15, 0.2) is 5.78 Å². The number of nitrogens with zero attached hydrogens (tertiary/aromatic N) is 1. The molecule has 2 aromatic carbocycles. The van der Waals surface area contributed by atoms with E-state index in [1.165, 1.54) is 0 Å². The molecule has 0 aliphatic heterocycles. The number of ether oxygens (including phenoxy) is 1. The molecule has 0 aliphatic carbocycles. The number of methoxy groups -OCH3 is 1. The van der Waals surface area contributed by atoms with Gasteiger partial charge in [0, 0.05) is 5.56 Å². The average molecular weight is 225 g/mol. The van der Waals surface area contributed by atoms with Crippen LogP contribution >= 0.6 is 0 Å². The molecule has 0 spiro atoms. The van der Waals surface area contributed by atoms with Crippen LogP contribution in [0.5, 0.6) is 5.75 Å². The number of nitriles is 1. The number of fused-ring (bicyclic) bond motifs is 1. The number of ketones is 1. The third-order valence-corrected chi connectivity index (χ3v) is 2.61. The molecule has 17 heavy (non-hydrogen) atoms. The lowest BCUT2D eigenvalue weighted by atomic mass is 10.0. The fourth-order valence-corrected chi connectivity index (χ4v) is 1.70. The first-order valence-electron chi connectivity index (χ1n) is 5.22. The first-order valence-corrected chi connectivity index (χ1v) is 5.22. The van der Waals surface area contributed by atoms with E-state index < -0.39 is 0 Å². The van der Waals surface area contributed by atoms with Gasteiger partial charge in [-0.3, -0.25) is 4.79 Å². The van der Waals surface area contributed by atoms with E-state index in [-0.39, 0.29) is 12.2 Å². The number of rotatable bonds is 3. The Morgan fingerprint density at radius 3 is 2.65 bits per heavy atom. The second-order valence-electron chi connectivity index (χ2n) is 3.69. The molecule has 3 heteroatoms. The molecular formula is C14H11NO2. The smallest absolute Gasteiger partial charge is 0.176 e. The van der Waals surface area contributed by atoms with Crippen molar-refractivity contribution in [2.75, 3.05) is 7.11 Å². The minimum atomic E-state index is -0.148. The molecule has 84 valence electrons. The van der Waals surface area contributed by atoms with Crippen LogP contribution in [0.25, 0.3) is 10.8 Å². The Labute approximate surface area is 99.2 Å². The van der Waals surface area contributed by atoms with E-state index in [0.717, 1.165) is 16.5 Å². The highest BCUT2D eigenvalue weighted by molar-refractivity contribution is 6.01. The Morgan fingerprint density at radius 1 is 1.24 bits per heavy atom. The third-order valence-electron chi connectivity index (χ3n) is 2.61. The van der Waals surface area contributed by atoms with Crippen LogP contribution < -0.4 is 4.74 Å². The highest BCUT2D eigenvalue weighted by Gasteiger charge is 2.06. The Morgan fingerprint density at radius 2 is 1.94 bits per heavy atom. The van der Waals surface area contributed by atoms with Crippen LogP contribution in [0.1, 0.15) is 16.8 Å². The second-order valence-corrected chi connectivity index (χ2v) is 3.69. The van der Waals surface area contributed by atoms with E-state index in [1.54, 1.807) is 19.2 Å². The lowest BCUT2D eigenvalue weighted by molar-refractivity contribution is 0.0998. The van der Waals surface area contributed by atoms with Gasteiger partial charge in [0.25, 0.3) is 0 Å². The van der Waals surface area contributed by atoms with Crippen molar-refractivity contribution in [2.24, 2.45) is 0 Å². The minimum absolute atomic E-state index is 0.0817. The van der Waals surface area contributed by atoms with Gasteiger partial charge in [0.05, 0.1) is 19.6 Å². The normalized spacial score (nSPS) is 9.88. The standard InChI is InChI=1S/C14H11NO2/c1-17-13-5-4-10-8-12(14(16)6-7-15)3-2-11(10)9-13/h2-5,8-9H,6H2,1H3. The summed E-state index contributed by atoms with van der Waals surface area (Å²) in [5, 5.41) is 10.5. The molecule has 0 heterocycles. The van der Waals surface area contributed by atoms with Crippen LogP contribution in [0.2, 0.25) is 0 Å². The molecule has 2 rings (SSSR count). The summed E-state index contributed by atoms with van der Waals surface area (Å²) < 4.78 is 5.13. The van der Waals surface area contributed by atoms with Gasteiger partial charge in [0.2, 0.25) is 0 Å². The van der Waals surface area contributed by atoms with Crippen LogP contribution in [0.3, 0.4) is 0 Å². The van der Waals surface area contributed by atoms with E-state index in [4.69, 9.17) is 10.00 Å². The first kappa shape index (κ1) is 11.2. The van der Waals surface area contributed by atoms with Crippen LogP contribution in [0.15, 0.2) is 36.4 Å². The molecule has 0 unspecified atom stereocenters. The largest absolute Gasteiger partial charge is 0.497 e. The van der Waals surface area contributed by atoms with Crippen molar-refractivity contribution in [2.45, 2.75) is 6.42 Å². The van der Waals surface area contributed by atoms with Crippen molar-refractivity contribution in [3.05, 3.63) is 42.0 Å². The van der Waals surface area contributed by atoms with Crippen LogP contribution in [-0.4, -0.2) is 12.9 Å². The predicted molar refractivity (Wildman–Crippen MR) is 65.1 cm³/mol. The van der Waals surface area contributed by atoms with Gasteiger partial charge in [-0.15, -0.1) is 0 Å². The molecule has 0 aliphatic rings. The Kier molecular flexibility index (Phi) is 3.06. The van der Waals surface area contributed by atoms with Gasteiger partial charge in [-0.05, 0) is 29.0 Å². The van der Waals surface area contributed by atoms with Gasteiger partial charge in [-0.25, -0.2) is 0 Å². The second kappa shape index (κ2) is 4.67. The van der Waals surface area contributed by atoms with E-state index >= 15 is 0 Å². The van der Waals surface area contributed by atoms with E-state index in [2.05, 4.69) is 0 Å². The summed E-state index contributed by atoms with van der Waals surface area (Å²) in [6, 6.07) is 12.9. The summed E-state index contributed by atoms with van der Waals surface area (Å²) in [6.07, 6.45) is -0.0817. The van der Waals surface area contributed by atoms with Crippen LogP contribution in [0.4, 0.5) is 0 Å². The molecule has 0 saturated heterocycles. The summed E-state index contributed by atoms with van der Waals surface area (Å²) in [4.78, 5) is 11.6. The molecule has 0 bridgehead atoms. The molecule has 3 nitrogen and oxygen atoms in total. The molecule has 0 aromatic heterocycles. The maximum atomic E-state index is 11.6. The highest BCUT2D eigenvalue weighted by atomic mass is 16.5. The molecule has 0 amide bonds. The van der Waals surface area contributed by atoms with E-state index in [9.17, 15) is 4.79 Å². The Balaban J connectivity index is 2.45. The van der Waals surface area contributed by atoms with Gasteiger partial charge in [-0.1, -0.05) is 18.2 Å². The Hall–Kier alpha value is -2.34. The van der Waals surface area contributed by atoms with Crippen molar-refractivity contribution in [1.82, 2.24) is 0 Å². The molecule has 2 aromatic rings. The SMILES string of the molecule is COc1ccc2cc(C(=O)CC#N)ccc2c1. The highest BCUT2D eigenvalue weighted by Crippen LogP contribution is 2.22. The fraction of sp³-hybridized carbons (Fsp3) is 0.143. The summed E-state index contributed by atoms with van der Waals surface area (Å²) >= 11 is 0. The average Bonchev–Trinajstić information content (AvgIpc) is 2.37. The lowest BCUT2D eigenvalue weighted by Crippen LogP contribution is -1.96. The van der Waals surface area contributed by atoms with Crippen molar-refractivity contribution in [3.63, 3.8) is 0 Å². The number of benzene rings is 2. The molecular weight excluding hydrogens is 214 g/mol. The lowest BCUT2D eigenvalue weighted by Gasteiger charge is -2.04. The van der Waals surface area contributed by atoms with E-state index in [0.29, 0.717) is 5.56 Å². The summed E-state index contributed by atoms with van der Waals surface area (Å²) in [6.45, 7) is 0. The molecule has 0 N–H and O–H groups in total. The molecule has 0 atom stereocenters. The van der Waals surface area contributed by atoms with Crippen molar-refractivity contribution >= 4 is 16.6 Å². The van der Waals surface area contributed by atoms with Crippen molar-refractivity contribution < 1.29 is 9.53 Å². The third kappa shape index (κ3) is 2.26. The topological polar surface area (TPSA) is 50.1 Å². The molecule has 0 radical (unpaired) electrons. The number of Topliss-reactive ketones (excluding diaryl/α,β-unsaturated/α-hetero) is 1. The first-order chi connectivity index (χ1) is 8.24. The summed E-state index contributed by atoms with van der Waals surface area (Å²) in [7, 11) is 1.62. The van der Waals surface area contributed by atoms with Gasteiger partial charge < -0.3 is 4.74 Å². The number of hydrogen-bond donors (Lipinski definition) is 0. The van der Waals surface area contributed by atoms with E-state index in [1.807, 2.05) is 30.3 Å². The van der Waals surface area contributed by atoms with Gasteiger partial charge in [-0.2, -0.15) is 5.26 Å². The fourth-order valence-electron chi connectivity index (χ4n) is 1.70. The molecule has 0 saturated carbocycles. The minimum Gasteiger partial charge on any atom is -0.497 e. The monoisotopic (exact) mass is 225 g/mol. The number of carbonyl (C=O) groups excluding carboxylic acids is 1. The maximum absolute atomic E-state index is 11.6. The Bertz CT molecular complexity index is 611. The quantitative estimate of drug-likeness (QED) is 0.754. The number of carbonyl (C=O) groups is 1. The van der Waals surface area contributed by atoms with Crippen LogP contribution in [0, 0.1) is 11.3 Å². The number of hydrogen-bond acceptors (Lipinski definition) is 3. The zero-order chi connectivity index (χ0) is 12.3. The summed E-state index contributed by atoms with van der Waals surface area (Å²) in [5.41, 5.74) is 0.573. The van der Waals surface area contributed by atoms with Gasteiger partial charge >= 0.3 is 0 Å². The zero-order valence-electron chi connectivity index (χ0n) is 9.43. The van der Waals surface area contributed by atoms with Crippen LogP contribution in [-0.2, 0) is 0 Å². The maximum Gasteiger partial charge on any atom is 0.176 e. The van der Waals surface area contributed by atoms with Crippen molar-refractivity contribution in [3.8, 4) is 11.8 Å². The predicted octanol–water partition coefficient (Wildman–Crippen LogP) is 2.94. The zero-order valence-corrected chi connectivity index (χ0v) is 9.43. The van der Waals surface area contributed by atoms with Gasteiger partial charge in [0.1, 0.15) is 5.75 Å². The molecule has 0 fully saturated rings.